The second kappa shape index (κ2) is 4.76. The smallest absolute Gasteiger partial charge is 0.309 e. The van der Waals surface area contributed by atoms with E-state index in [0.29, 0.717) is 5.69 Å². The summed E-state index contributed by atoms with van der Waals surface area (Å²) in [6.07, 6.45) is -0.0268. The van der Waals surface area contributed by atoms with E-state index in [0.717, 1.165) is 15.0 Å². The minimum atomic E-state index is -0.857. The van der Waals surface area contributed by atoms with Gasteiger partial charge in [-0.1, -0.05) is 34.1 Å². The van der Waals surface area contributed by atoms with Crippen LogP contribution in [0.5, 0.6) is 0 Å². The van der Waals surface area contributed by atoms with E-state index in [-0.39, 0.29) is 6.42 Å². The molecule has 0 aliphatic carbocycles. The lowest BCUT2D eigenvalue weighted by molar-refractivity contribution is -0.136. The van der Waals surface area contributed by atoms with Crippen LogP contribution in [0.25, 0.3) is 10.6 Å². The van der Waals surface area contributed by atoms with Crippen LogP contribution in [0.1, 0.15) is 5.69 Å². The van der Waals surface area contributed by atoms with Crippen molar-refractivity contribution < 1.29 is 9.90 Å². The van der Waals surface area contributed by atoms with E-state index in [9.17, 15) is 4.79 Å². The standard InChI is InChI=1S/C11H8BrNO2S/c12-9-4-2-1-3-8(9)11-13-7(6-16-11)5-10(14)15/h1-4,6H,5H2,(H,14,15). The third-order valence-electron chi connectivity index (χ3n) is 1.99. The van der Waals surface area contributed by atoms with E-state index >= 15 is 0 Å². The fourth-order valence-corrected chi connectivity index (χ4v) is 2.76. The number of carbonyl (C=O) groups is 1. The van der Waals surface area contributed by atoms with Gasteiger partial charge in [0, 0.05) is 15.4 Å². The van der Waals surface area contributed by atoms with Crippen molar-refractivity contribution in [3.8, 4) is 10.6 Å². The minimum Gasteiger partial charge on any atom is -0.481 e. The monoisotopic (exact) mass is 297 g/mol. The highest BCUT2D eigenvalue weighted by molar-refractivity contribution is 9.10. The molecule has 0 amide bonds. The SMILES string of the molecule is O=C(O)Cc1csc(-c2ccccc2Br)n1. The molecule has 1 heterocycles. The third-order valence-corrected chi connectivity index (χ3v) is 3.60. The molecule has 0 bridgehead atoms. The number of aromatic nitrogens is 1. The maximum absolute atomic E-state index is 10.5. The Morgan fingerprint density at radius 1 is 1.44 bits per heavy atom. The maximum Gasteiger partial charge on any atom is 0.309 e. The average molecular weight is 298 g/mol. The van der Waals surface area contributed by atoms with Gasteiger partial charge >= 0.3 is 5.97 Å². The van der Waals surface area contributed by atoms with E-state index in [4.69, 9.17) is 5.11 Å². The van der Waals surface area contributed by atoms with Crippen molar-refractivity contribution in [1.29, 1.82) is 0 Å². The van der Waals surface area contributed by atoms with E-state index in [2.05, 4.69) is 20.9 Å². The molecule has 0 atom stereocenters. The van der Waals surface area contributed by atoms with Crippen LogP contribution in [0.2, 0.25) is 0 Å². The fourth-order valence-electron chi connectivity index (χ4n) is 1.30. The molecule has 3 nitrogen and oxygen atoms in total. The highest BCUT2D eigenvalue weighted by atomic mass is 79.9. The third kappa shape index (κ3) is 2.48. The van der Waals surface area contributed by atoms with Crippen LogP contribution in [0.3, 0.4) is 0 Å². The topological polar surface area (TPSA) is 50.2 Å². The Kier molecular flexibility index (Phi) is 3.36. The number of carboxylic acid groups (broad SMARTS) is 1. The first-order valence-corrected chi connectivity index (χ1v) is 6.25. The van der Waals surface area contributed by atoms with Crippen LogP contribution < -0.4 is 0 Å². The van der Waals surface area contributed by atoms with Gasteiger partial charge in [0.1, 0.15) is 5.01 Å². The van der Waals surface area contributed by atoms with Gasteiger partial charge in [-0.15, -0.1) is 11.3 Å². The molecule has 0 radical (unpaired) electrons. The number of thiazole rings is 1. The summed E-state index contributed by atoms with van der Waals surface area (Å²) < 4.78 is 0.964. The maximum atomic E-state index is 10.5. The molecule has 2 rings (SSSR count). The normalized spacial score (nSPS) is 10.3. The summed E-state index contributed by atoms with van der Waals surface area (Å²) >= 11 is 4.90. The van der Waals surface area contributed by atoms with Crippen molar-refractivity contribution in [2.24, 2.45) is 0 Å². The quantitative estimate of drug-likeness (QED) is 0.946. The molecule has 0 fully saturated rings. The molecule has 0 saturated heterocycles. The van der Waals surface area contributed by atoms with Crippen LogP contribution in [0, 0.1) is 0 Å². The van der Waals surface area contributed by atoms with Gasteiger partial charge in [-0.3, -0.25) is 4.79 Å². The number of rotatable bonds is 3. The Balaban J connectivity index is 2.32. The number of nitrogens with zero attached hydrogens (tertiary/aromatic N) is 1. The lowest BCUT2D eigenvalue weighted by Crippen LogP contribution is -1.99. The number of benzene rings is 1. The predicted molar refractivity (Wildman–Crippen MR) is 66.6 cm³/mol. The lowest BCUT2D eigenvalue weighted by atomic mass is 10.2. The van der Waals surface area contributed by atoms with Gasteiger partial charge in [0.25, 0.3) is 0 Å². The Morgan fingerprint density at radius 3 is 2.88 bits per heavy atom. The van der Waals surface area contributed by atoms with Crippen LogP contribution >= 0.6 is 27.3 Å². The molecule has 0 unspecified atom stereocenters. The van der Waals surface area contributed by atoms with Crippen molar-refractivity contribution in [2.45, 2.75) is 6.42 Å². The summed E-state index contributed by atoms with van der Waals surface area (Å²) in [5.41, 5.74) is 1.59. The molecular weight excluding hydrogens is 290 g/mol. The van der Waals surface area contributed by atoms with Crippen molar-refractivity contribution in [3.05, 3.63) is 39.8 Å². The van der Waals surface area contributed by atoms with Crippen LogP contribution in [-0.2, 0) is 11.2 Å². The zero-order valence-corrected chi connectivity index (χ0v) is 10.6. The molecule has 5 heteroatoms. The zero-order valence-electron chi connectivity index (χ0n) is 8.18. The van der Waals surface area contributed by atoms with E-state index in [1.54, 1.807) is 5.38 Å². The molecule has 1 N–H and O–H groups in total. The van der Waals surface area contributed by atoms with Gasteiger partial charge in [-0.25, -0.2) is 4.98 Å². The fraction of sp³-hybridized carbons (Fsp3) is 0.0909. The summed E-state index contributed by atoms with van der Waals surface area (Å²) in [6, 6.07) is 7.75. The summed E-state index contributed by atoms with van der Waals surface area (Å²) in [6.45, 7) is 0. The summed E-state index contributed by atoms with van der Waals surface area (Å²) in [4.78, 5) is 14.8. The van der Waals surface area contributed by atoms with Crippen LogP contribution in [0.4, 0.5) is 0 Å². The summed E-state index contributed by atoms with van der Waals surface area (Å²) in [5, 5.41) is 11.3. The second-order valence-corrected chi connectivity index (χ2v) is 4.91. The number of hydrogen-bond acceptors (Lipinski definition) is 3. The highest BCUT2D eigenvalue weighted by Crippen LogP contribution is 2.30. The molecule has 0 spiro atoms. The van der Waals surface area contributed by atoms with Crippen molar-refractivity contribution in [3.63, 3.8) is 0 Å². The molecular formula is C11H8BrNO2S. The number of hydrogen-bond donors (Lipinski definition) is 1. The summed E-state index contributed by atoms with van der Waals surface area (Å²) in [5.74, 6) is -0.857. The van der Waals surface area contributed by atoms with Gasteiger partial charge in [-0.2, -0.15) is 0 Å². The van der Waals surface area contributed by atoms with Crippen LogP contribution in [-0.4, -0.2) is 16.1 Å². The molecule has 82 valence electrons. The van der Waals surface area contributed by atoms with Gasteiger partial charge in [-0.05, 0) is 6.07 Å². The zero-order chi connectivity index (χ0) is 11.5. The van der Waals surface area contributed by atoms with Gasteiger partial charge in [0.2, 0.25) is 0 Å². The van der Waals surface area contributed by atoms with Gasteiger partial charge in [0.15, 0.2) is 0 Å². The first-order valence-electron chi connectivity index (χ1n) is 4.58. The lowest BCUT2D eigenvalue weighted by Gasteiger charge is -1.98. The number of carboxylic acids is 1. The van der Waals surface area contributed by atoms with Gasteiger partial charge in [0.05, 0.1) is 12.1 Å². The average Bonchev–Trinajstić information content (AvgIpc) is 2.66. The number of aliphatic carboxylic acids is 1. The molecule has 1 aromatic heterocycles. The van der Waals surface area contributed by atoms with Gasteiger partial charge < -0.3 is 5.11 Å². The minimum absolute atomic E-state index is 0.0268. The van der Waals surface area contributed by atoms with Crippen molar-refractivity contribution >= 4 is 33.2 Å². The van der Waals surface area contributed by atoms with Crippen molar-refractivity contribution in [2.75, 3.05) is 0 Å². The number of halogens is 1. The molecule has 1 aromatic carbocycles. The molecule has 2 aromatic rings. The van der Waals surface area contributed by atoms with Crippen LogP contribution in [0.15, 0.2) is 34.1 Å². The predicted octanol–water partition coefficient (Wildman–Crippen LogP) is 3.20. The highest BCUT2D eigenvalue weighted by Gasteiger charge is 2.09. The first kappa shape index (κ1) is 11.3. The Hall–Kier alpha value is -1.20. The Labute approximate surface area is 105 Å². The first-order chi connectivity index (χ1) is 7.66. The molecule has 16 heavy (non-hydrogen) atoms. The van der Waals surface area contributed by atoms with E-state index < -0.39 is 5.97 Å². The van der Waals surface area contributed by atoms with E-state index in [1.807, 2.05) is 24.3 Å². The second-order valence-electron chi connectivity index (χ2n) is 3.19. The van der Waals surface area contributed by atoms with E-state index in [1.165, 1.54) is 11.3 Å². The largest absolute Gasteiger partial charge is 0.481 e. The molecule has 0 saturated carbocycles. The Bertz CT molecular complexity index is 524. The summed E-state index contributed by atoms with van der Waals surface area (Å²) in [7, 11) is 0. The Morgan fingerprint density at radius 2 is 2.19 bits per heavy atom. The molecule has 0 aliphatic heterocycles. The van der Waals surface area contributed by atoms with Crippen molar-refractivity contribution in [1.82, 2.24) is 4.98 Å². The molecule has 0 aliphatic rings.